The lowest BCUT2D eigenvalue weighted by molar-refractivity contribution is -0.151. The largest absolute Gasteiger partial charge is 0.481 e. The van der Waals surface area contributed by atoms with E-state index in [2.05, 4.69) is 0 Å². The maximum atomic E-state index is 11.2. The summed E-state index contributed by atoms with van der Waals surface area (Å²) in [6.07, 6.45) is 7.87. The summed E-state index contributed by atoms with van der Waals surface area (Å²) >= 11 is 0. The van der Waals surface area contributed by atoms with E-state index in [1.54, 1.807) is 27.7 Å². The Morgan fingerprint density at radius 3 is 1.78 bits per heavy atom. The number of aliphatic carboxylic acids is 2. The van der Waals surface area contributed by atoms with Crippen LogP contribution in [0.5, 0.6) is 0 Å². The molecule has 1 unspecified atom stereocenters. The number of hydrogen-bond donors (Lipinski definition) is 2. The van der Waals surface area contributed by atoms with Crippen LogP contribution in [0.2, 0.25) is 0 Å². The summed E-state index contributed by atoms with van der Waals surface area (Å²) in [7, 11) is 0. The molecule has 0 rings (SSSR count). The zero-order valence-corrected chi connectivity index (χ0v) is 14.9. The van der Waals surface area contributed by atoms with Gasteiger partial charge in [-0.25, -0.2) is 0 Å². The van der Waals surface area contributed by atoms with Gasteiger partial charge in [-0.3, -0.25) is 9.59 Å². The number of unbranched alkanes of at least 4 members (excludes halogenated alkanes) is 5. The third-order valence-electron chi connectivity index (χ3n) is 4.79. The molecule has 0 fully saturated rings. The molecule has 0 bridgehead atoms. The lowest BCUT2D eigenvalue weighted by Gasteiger charge is -2.25. The summed E-state index contributed by atoms with van der Waals surface area (Å²) in [5.74, 6) is -2.13. The first kappa shape index (κ1) is 21.6. The van der Waals surface area contributed by atoms with Gasteiger partial charge in [0, 0.05) is 5.92 Å². The summed E-state index contributed by atoms with van der Waals surface area (Å²) < 4.78 is 0. The van der Waals surface area contributed by atoms with E-state index >= 15 is 0 Å². The van der Waals surface area contributed by atoms with Gasteiger partial charge in [0.15, 0.2) is 0 Å². The van der Waals surface area contributed by atoms with E-state index in [-0.39, 0.29) is 0 Å². The molecule has 5 nitrogen and oxygen atoms in total. The average Bonchev–Trinajstić information content (AvgIpc) is 2.44. The van der Waals surface area contributed by atoms with Crippen molar-refractivity contribution in [2.24, 2.45) is 16.7 Å². The van der Waals surface area contributed by atoms with Crippen LogP contribution in [0.4, 0.5) is 0 Å². The Balaban J connectivity index is 3.83. The van der Waals surface area contributed by atoms with E-state index in [0.717, 1.165) is 44.8 Å². The van der Waals surface area contributed by atoms with Gasteiger partial charge >= 0.3 is 11.9 Å². The fraction of sp³-hybridized carbons (Fsp3) is 0.833. The first-order valence-electron chi connectivity index (χ1n) is 8.47. The molecular weight excluding hydrogens is 296 g/mol. The zero-order chi connectivity index (χ0) is 18.1. The quantitative estimate of drug-likeness (QED) is 0.391. The van der Waals surface area contributed by atoms with Gasteiger partial charge in [0.2, 0.25) is 0 Å². The van der Waals surface area contributed by atoms with Crippen LogP contribution in [-0.2, 0) is 14.4 Å². The number of hydrogen-bond acceptors (Lipinski definition) is 3. The molecular formula is C18H32O5. The van der Waals surface area contributed by atoms with Crippen LogP contribution in [-0.4, -0.2) is 28.4 Å². The van der Waals surface area contributed by atoms with E-state index in [1.807, 2.05) is 0 Å². The Morgan fingerprint density at radius 2 is 1.35 bits per heavy atom. The van der Waals surface area contributed by atoms with E-state index < -0.39 is 28.7 Å². The normalized spacial score (nSPS) is 13.6. The number of carboxylic acid groups (broad SMARTS) is 2. The van der Waals surface area contributed by atoms with Crippen molar-refractivity contribution in [3.8, 4) is 0 Å². The Labute approximate surface area is 139 Å². The van der Waals surface area contributed by atoms with E-state index in [4.69, 9.17) is 10.2 Å². The van der Waals surface area contributed by atoms with Gasteiger partial charge in [0.1, 0.15) is 6.29 Å². The average molecular weight is 328 g/mol. The summed E-state index contributed by atoms with van der Waals surface area (Å²) in [6, 6.07) is 0. The topological polar surface area (TPSA) is 91.7 Å². The first-order valence-corrected chi connectivity index (χ1v) is 8.47. The lowest BCUT2D eigenvalue weighted by atomic mass is 9.77. The number of aldehydes is 1. The summed E-state index contributed by atoms with van der Waals surface area (Å²) in [6.45, 7) is 6.69. The van der Waals surface area contributed by atoms with Gasteiger partial charge in [-0.15, -0.1) is 0 Å². The van der Waals surface area contributed by atoms with Crippen molar-refractivity contribution in [2.45, 2.75) is 79.1 Å². The minimum atomic E-state index is -1.01. The standard InChI is InChI=1S/C18H32O5/c1-17(2,15(20)21)12-10-8-6-5-7-9-11-14(13-19)18(3,4)16(22)23/h13-14H,5-12H2,1-4H3,(H,20,21)(H,22,23). The third kappa shape index (κ3) is 7.62. The van der Waals surface area contributed by atoms with Crippen molar-refractivity contribution in [1.82, 2.24) is 0 Å². The van der Waals surface area contributed by atoms with Crippen molar-refractivity contribution in [2.75, 3.05) is 0 Å². The number of carboxylic acids is 2. The number of carbonyl (C=O) groups is 3. The fourth-order valence-corrected chi connectivity index (χ4v) is 2.50. The van der Waals surface area contributed by atoms with E-state index in [1.165, 1.54) is 0 Å². The van der Waals surface area contributed by atoms with Crippen molar-refractivity contribution in [1.29, 1.82) is 0 Å². The zero-order valence-electron chi connectivity index (χ0n) is 14.9. The molecule has 0 spiro atoms. The highest BCUT2D eigenvalue weighted by molar-refractivity contribution is 5.78. The Hall–Kier alpha value is -1.39. The van der Waals surface area contributed by atoms with Gasteiger partial charge in [-0.2, -0.15) is 0 Å². The molecule has 0 aliphatic carbocycles. The van der Waals surface area contributed by atoms with Crippen LogP contribution >= 0.6 is 0 Å². The van der Waals surface area contributed by atoms with Gasteiger partial charge in [-0.05, 0) is 40.5 Å². The minimum absolute atomic E-state index is 0.448. The van der Waals surface area contributed by atoms with Crippen molar-refractivity contribution in [3.05, 3.63) is 0 Å². The molecule has 0 radical (unpaired) electrons. The molecule has 0 aliphatic rings. The lowest BCUT2D eigenvalue weighted by Crippen LogP contribution is -2.33. The van der Waals surface area contributed by atoms with Crippen LogP contribution in [0.15, 0.2) is 0 Å². The smallest absolute Gasteiger partial charge is 0.309 e. The maximum Gasteiger partial charge on any atom is 0.309 e. The predicted octanol–water partition coefficient (Wildman–Crippen LogP) is 4.14. The van der Waals surface area contributed by atoms with Crippen molar-refractivity contribution >= 4 is 18.2 Å². The molecule has 0 aromatic rings. The van der Waals surface area contributed by atoms with E-state index in [9.17, 15) is 14.4 Å². The highest BCUT2D eigenvalue weighted by atomic mass is 16.4. The van der Waals surface area contributed by atoms with Crippen molar-refractivity contribution in [3.63, 3.8) is 0 Å². The SMILES string of the molecule is CC(C)(CCCCCCCCC(C=O)C(C)(C)C(=O)O)C(=O)O. The Kier molecular flexibility index (Phi) is 9.10. The second-order valence-electron chi connectivity index (χ2n) is 7.62. The molecule has 0 saturated carbocycles. The maximum absolute atomic E-state index is 11.2. The van der Waals surface area contributed by atoms with Crippen LogP contribution in [0.3, 0.4) is 0 Å². The predicted molar refractivity (Wildman–Crippen MR) is 89.3 cm³/mol. The monoisotopic (exact) mass is 328 g/mol. The molecule has 0 saturated heterocycles. The minimum Gasteiger partial charge on any atom is -0.481 e. The molecule has 0 aliphatic heterocycles. The number of carbonyl (C=O) groups excluding carboxylic acids is 1. The Bertz CT molecular complexity index is 398. The van der Waals surface area contributed by atoms with Crippen LogP contribution in [0.1, 0.15) is 79.1 Å². The van der Waals surface area contributed by atoms with Crippen molar-refractivity contribution < 1.29 is 24.6 Å². The highest BCUT2D eigenvalue weighted by Crippen LogP contribution is 2.30. The van der Waals surface area contributed by atoms with E-state index in [0.29, 0.717) is 12.8 Å². The molecule has 2 N–H and O–H groups in total. The highest BCUT2D eigenvalue weighted by Gasteiger charge is 2.36. The second kappa shape index (κ2) is 9.68. The number of rotatable bonds is 13. The van der Waals surface area contributed by atoms with Gasteiger partial charge in [0.05, 0.1) is 10.8 Å². The van der Waals surface area contributed by atoms with Gasteiger partial charge in [-0.1, -0.05) is 38.5 Å². The third-order valence-corrected chi connectivity index (χ3v) is 4.79. The second-order valence-corrected chi connectivity index (χ2v) is 7.62. The molecule has 1 atom stereocenters. The molecule has 0 heterocycles. The molecule has 0 aromatic heterocycles. The Morgan fingerprint density at radius 1 is 0.870 bits per heavy atom. The first-order chi connectivity index (χ1) is 10.6. The van der Waals surface area contributed by atoms with Crippen LogP contribution < -0.4 is 0 Å². The molecule has 134 valence electrons. The van der Waals surface area contributed by atoms with Gasteiger partial charge in [0.25, 0.3) is 0 Å². The summed E-state index contributed by atoms with van der Waals surface area (Å²) in [5, 5.41) is 18.2. The molecule has 0 aromatic carbocycles. The molecule has 5 heteroatoms. The fourth-order valence-electron chi connectivity index (χ4n) is 2.50. The van der Waals surface area contributed by atoms with Crippen LogP contribution in [0.25, 0.3) is 0 Å². The summed E-state index contributed by atoms with van der Waals surface area (Å²) in [5.41, 5.74) is -1.66. The summed E-state index contributed by atoms with van der Waals surface area (Å²) in [4.78, 5) is 33.2. The van der Waals surface area contributed by atoms with Gasteiger partial charge < -0.3 is 15.0 Å². The molecule has 0 amide bonds. The molecule has 23 heavy (non-hydrogen) atoms. The van der Waals surface area contributed by atoms with Crippen LogP contribution in [0, 0.1) is 16.7 Å².